The van der Waals surface area contributed by atoms with Gasteiger partial charge in [0.2, 0.25) is 0 Å². The summed E-state index contributed by atoms with van der Waals surface area (Å²) in [5.74, 6) is 0.386. The number of nitrogens with zero attached hydrogens (tertiary/aromatic N) is 4. The number of likely N-dealkylation sites (tertiary alicyclic amines) is 1. The van der Waals surface area contributed by atoms with Crippen LogP contribution >= 0.6 is 0 Å². The number of hydrogen-bond acceptors (Lipinski definition) is 7. The largest absolute Gasteiger partial charge is 0.444 e. The Hall–Kier alpha value is -3.70. The van der Waals surface area contributed by atoms with Gasteiger partial charge in [-0.1, -0.05) is 12.1 Å². The van der Waals surface area contributed by atoms with E-state index >= 15 is 0 Å². The summed E-state index contributed by atoms with van der Waals surface area (Å²) in [5, 5.41) is 33.5. The van der Waals surface area contributed by atoms with E-state index in [1.807, 2.05) is 39.0 Å². The monoisotopic (exact) mass is 406 g/mol. The maximum Gasteiger partial charge on any atom is 0.410 e. The number of ether oxygens (including phenoxy) is 1. The number of amides is 1. The lowest BCUT2D eigenvalue weighted by molar-refractivity contribution is 0.0188. The van der Waals surface area contributed by atoms with E-state index in [9.17, 15) is 10.1 Å². The number of allylic oxidation sites excluding steroid dienone is 2. The van der Waals surface area contributed by atoms with Crippen molar-refractivity contribution < 1.29 is 9.53 Å². The quantitative estimate of drug-likeness (QED) is 0.708. The Kier molecular flexibility index (Phi) is 7.67. The van der Waals surface area contributed by atoms with Gasteiger partial charge in [0, 0.05) is 19.6 Å². The van der Waals surface area contributed by atoms with Crippen LogP contribution in [0.15, 0.2) is 35.5 Å². The maximum atomic E-state index is 12.2. The average molecular weight is 406 g/mol. The van der Waals surface area contributed by atoms with Crippen LogP contribution in [0.5, 0.6) is 0 Å². The van der Waals surface area contributed by atoms with Crippen molar-refractivity contribution in [3.8, 4) is 18.2 Å². The Morgan fingerprint density at radius 1 is 1.10 bits per heavy atom. The molecule has 1 aliphatic heterocycles. The Balaban J connectivity index is 1.95. The number of rotatable bonds is 5. The number of piperidine rings is 1. The van der Waals surface area contributed by atoms with Crippen molar-refractivity contribution in [2.24, 2.45) is 5.92 Å². The molecule has 0 aliphatic carbocycles. The Morgan fingerprint density at radius 2 is 1.70 bits per heavy atom. The molecule has 8 heteroatoms. The van der Waals surface area contributed by atoms with Crippen LogP contribution in [-0.2, 0) is 4.74 Å². The van der Waals surface area contributed by atoms with Crippen molar-refractivity contribution in [2.45, 2.75) is 39.2 Å². The molecule has 2 N–H and O–H groups in total. The SMILES string of the molecule is CC(C)(C)OC(=O)N1CCC(CNc2ccccc2NC(C#N)=C(C#N)C#N)CC1. The first-order chi connectivity index (χ1) is 14.3. The van der Waals surface area contributed by atoms with Crippen LogP contribution in [-0.4, -0.2) is 36.2 Å². The Morgan fingerprint density at radius 3 is 2.23 bits per heavy atom. The lowest BCUT2D eigenvalue weighted by Crippen LogP contribution is -2.42. The minimum absolute atomic E-state index is 0.0834. The van der Waals surface area contributed by atoms with Crippen molar-refractivity contribution in [3.05, 3.63) is 35.5 Å². The third-order valence-electron chi connectivity index (χ3n) is 4.62. The fourth-order valence-electron chi connectivity index (χ4n) is 3.06. The molecule has 1 saturated heterocycles. The second kappa shape index (κ2) is 10.2. The summed E-state index contributed by atoms with van der Waals surface area (Å²) in [4.78, 5) is 13.9. The summed E-state index contributed by atoms with van der Waals surface area (Å²) in [6.45, 7) is 7.57. The first kappa shape index (κ1) is 22.6. The molecule has 8 nitrogen and oxygen atoms in total. The summed E-state index contributed by atoms with van der Waals surface area (Å²) in [6, 6.07) is 12.6. The molecular weight excluding hydrogens is 380 g/mol. The molecule has 0 atom stereocenters. The molecule has 0 bridgehead atoms. The molecule has 1 heterocycles. The van der Waals surface area contributed by atoms with E-state index in [0.717, 1.165) is 18.5 Å². The lowest BCUT2D eigenvalue weighted by atomic mass is 9.97. The number of anilines is 2. The predicted octanol–water partition coefficient (Wildman–Crippen LogP) is 3.98. The molecule has 30 heavy (non-hydrogen) atoms. The second-order valence-electron chi connectivity index (χ2n) is 8.05. The average Bonchev–Trinajstić information content (AvgIpc) is 2.72. The normalized spacial score (nSPS) is 13.9. The van der Waals surface area contributed by atoms with Crippen LogP contribution in [0, 0.1) is 39.9 Å². The summed E-state index contributed by atoms with van der Waals surface area (Å²) in [6.07, 6.45) is 1.45. The fourth-order valence-corrected chi connectivity index (χ4v) is 3.06. The van der Waals surface area contributed by atoms with E-state index in [1.54, 1.807) is 29.2 Å². The van der Waals surface area contributed by atoms with Gasteiger partial charge in [-0.15, -0.1) is 0 Å². The highest BCUT2D eigenvalue weighted by molar-refractivity contribution is 5.72. The molecule has 0 spiro atoms. The second-order valence-corrected chi connectivity index (χ2v) is 8.05. The van der Waals surface area contributed by atoms with E-state index in [0.29, 0.717) is 31.2 Å². The molecule has 0 aromatic heterocycles. The van der Waals surface area contributed by atoms with Gasteiger partial charge in [0.1, 0.15) is 29.5 Å². The molecule has 2 rings (SSSR count). The van der Waals surface area contributed by atoms with Crippen LogP contribution in [0.1, 0.15) is 33.6 Å². The minimum atomic E-state index is -0.500. The zero-order chi connectivity index (χ0) is 22.1. The van der Waals surface area contributed by atoms with Crippen molar-refractivity contribution in [3.63, 3.8) is 0 Å². The summed E-state index contributed by atoms with van der Waals surface area (Å²) in [7, 11) is 0. The highest BCUT2D eigenvalue weighted by Gasteiger charge is 2.26. The van der Waals surface area contributed by atoms with Gasteiger partial charge < -0.3 is 20.3 Å². The number of hydrogen-bond donors (Lipinski definition) is 2. The molecule has 1 aromatic rings. The number of carbonyl (C=O) groups excluding carboxylic acids is 1. The lowest BCUT2D eigenvalue weighted by Gasteiger charge is -2.33. The molecule has 1 amide bonds. The number of nitrogens with one attached hydrogen (secondary N) is 2. The van der Waals surface area contributed by atoms with Crippen molar-refractivity contribution in [2.75, 3.05) is 30.3 Å². The van der Waals surface area contributed by atoms with Crippen LogP contribution in [0.4, 0.5) is 16.2 Å². The molecule has 0 radical (unpaired) electrons. The van der Waals surface area contributed by atoms with Crippen LogP contribution in [0.3, 0.4) is 0 Å². The molecular formula is C22H26N6O2. The van der Waals surface area contributed by atoms with Crippen LogP contribution < -0.4 is 10.6 Å². The summed E-state index contributed by atoms with van der Waals surface area (Å²) < 4.78 is 5.43. The third-order valence-corrected chi connectivity index (χ3v) is 4.62. The van der Waals surface area contributed by atoms with Gasteiger partial charge >= 0.3 is 6.09 Å². The zero-order valence-electron chi connectivity index (χ0n) is 17.5. The van der Waals surface area contributed by atoms with E-state index < -0.39 is 5.60 Å². The van der Waals surface area contributed by atoms with Gasteiger partial charge in [0.25, 0.3) is 0 Å². The third kappa shape index (κ3) is 6.43. The van der Waals surface area contributed by atoms with E-state index in [2.05, 4.69) is 10.6 Å². The van der Waals surface area contributed by atoms with Gasteiger partial charge in [-0.25, -0.2) is 4.79 Å². The molecule has 1 aromatic carbocycles. The van der Waals surface area contributed by atoms with Gasteiger partial charge in [-0.3, -0.25) is 0 Å². The van der Waals surface area contributed by atoms with Crippen molar-refractivity contribution >= 4 is 17.5 Å². The van der Waals surface area contributed by atoms with Gasteiger partial charge in [0.15, 0.2) is 5.57 Å². The predicted molar refractivity (Wildman–Crippen MR) is 113 cm³/mol. The maximum absolute atomic E-state index is 12.2. The van der Waals surface area contributed by atoms with E-state index in [-0.39, 0.29) is 17.4 Å². The van der Waals surface area contributed by atoms with Crippen LogP contribution in [0.2, 0.25) is 0 Å². The number of carbonyl (C=O) groups is 1. The van der Waals surface area contributed by atoms with Crippen molar-refractivity contribution in [1.82, 2.24) is 4.90 Å². The van der Waals surface area contributed by atoms with Crippen molar-refractivity contribution in [1.29, 1.82) is 15.8 Å². The first-order valence-electron chi connectivity index (χ1n) is 9.79. The van der Waals surface area contributed by atoms with E-state index in [1.165, 1.54) is 0 Å². The van der Waals surface area contributed by atoms with E-state index in [4.69, 9.17) is 15.3 Å². The van der Waals surface area contributed by atoms with Gasteiger partial charge in [-0.05, 0) is 51.7 Å². The molecule has 1 fully saturated rings. The number of benzene rings is 1. The highest BCUT2D eigenvalue weighted by Crippen LogP contribution is 2.25. The van der Waals surface area contributed by atoms with Crippen LogP contribution in [0.25, 0.3) is 0 Å². The summed E-state index contributed by atoms with van der Waals surface area (Å²) in [5.41, 5.74) is 0.542. The highest BCUT2D eigenvalue weighted by atomic mass is 16.6. The molecule has 0 unspecified atom stereocenters. The fraction of sp³-hybridized carbons (Fsp3) is 0.455. The standard InChI is InChI=1S/C22H26N6O2/c1-22(2,3)30-21(29)28-10-8-16(9-11-28)15-26-18-6-4-5-7-19(18)27-20(14-25)17(12-23)13-24/h4-7,16,26-27H,8-11,15H2,1-3H3. The minimum Gasteiger partial charge on any atom is -0.444 e. The topological polar surface area (TPSA) is 125 Å². The molecule has 156 valence electrons. The Bertz CT molecular complexity index is 903. The number of para-hydroxylation sites is 2. The summed E-state index contributed by atoms with van der Waals surface area (Å²) >= 11 is 0. The number of nitriles is 3. The van der Waals surface area contributed by atoms with Gasteiger partial charge in [0.05, 0.1) is 11.4 Å². The first-order valence-corrected chi connectivity index (χ1v) is 9.79. The van der Waals surface area contributed by atoms with Gasteiger partial charge in [-0.2, -0.15) is 15.8 Å². The molecule has 0 saturated carbocycles. The zero-order valence-corrected chi connectivity index (χ0v) is 17.5. The smallest absolute Gasteiger partial charge is 0.410 e. The molecule has 1 aliphatic rings. The Labute approximate surface area is 177 Å².